The molecule has 0 aliphatic carbocycles. The lowest BCUT2D eigenvalue weighted by Gasteiger charge is -2.03. The highest BCUT2D eigenvalue weighted by molar-refractivity contribution is 6.03. The van der Waals surface area contributed by atoms with Gasteiger partial charge in [0.15, 0.2) is 0 Å². The number of anilines is 1. The zero-order chi connectivity index (χ0) is 15.5. The number of benzene rings is 2. The molecule has 0 saturated carbocycles. The van der Waals surface area contributed by atoms with Crippen LogP contribution < -0.4 is 5.32 Å². The Kier molecular flexibility index (Phi) is 3.74. The summed E-state index contributed by atoms with van der Waals surface area (Å²) in [6.07, 6.45) is 0. The third-order valence-electron chi connectivity index (χ3n) is 3.45. The lowest BCUT2D eigenvalue weighted by molar-refractivity contribution is 0.102. The summed E-state index contributed by atoms with van der Waals surface area (Å²) in [7, 11) is 0. The second kappa shape index (κ2) is 5.85. The van der Waals surface area contributed by atoms with Crippen molar-refractivity contribution in [3.63, 3.8) is 0 Å². The van der Waals surface area contributed by atoms with Crippen LogP contribution in [-0.2, 0) is 0 Å². The Balaban J connectivity index is 1.78. The standard InChI is InChI=1S/C18H17N3O/c1-12-6-8-14(9-7-12)16-11-17(21-20-16)18(22)19-15-5-3-4-13(2)10-15/h3-11H,1-2H3,(H,19,22)(H,20,21). The van der Waals surface area contributed by atoms with Crippen molar-refractivity contribution in [3.05, 3.63) is 71.4 Å². The fourth-order valence-electron chi connectivity index (χ4n) is 2.23. The summed E-state index contributed by atoms with van der Waals surface area (Å²) in [5, 5.41) is 9.86. The lowest BCUT2D eigenvalue weighted by Crippen LogP contribution is -2.12. The van der Waals surface area contributed by atoms with Crippen LogP contribution in [0.3, 0.4) is 0 Å². The Bertz CT molecular complexity index is 803. The first kappa shape index (κ1) is 14.1. The average molecular weight is 291 g/mol. The van der Waals surface area contributed by atoms with Gasteiger partial charge in [0.25, 0.3) is 5.91 Å². The minimum atomic E-state index is -0.198. The van der Waals surface area contributed by atoms with E-state index in [-0.39, 0.29) is 5.91 Å². The van der Waals surface area contributed by atoms with E-state index >= 15 is 0 Å². The van der Waals surface area contributed by atoms with Crippen molar-refractivity contribution in [1.29, 1.82) is 0 Å². The number of aromatic amines is 1. The number of nitrogens with zero attached hydrogens (tertiary/aromatic N) is 1. The number of rotatable bonds is 3. The number of aryl methyl sites for hydroxylation is 2. The Morgan fingerprint density at radius 2 is 1.77 bits per heavy atom. The highest BCUT2D eigenvalue weighted by Crippen LogP contribution is 2.19. The molecule has 0 spiro atoms. The van der Waals surface area contributed by atoms with Gasteiger partial charge in [0, 0.05) is 11.3 Å². The predicted molar refractivity (Wildman–Crippen MR) is 87.9 cm³/mol. The maximum absolute atomic E-state index is 12.2. The normalized spacial score (nSPS) is 10.5. The summed E-state index contributed by atoms with van der Waals surface area (Å²) in [5.74, 6) is -0.198. The number of H-pyrrole nitrogens is 1. The number of carbonyl (C=O) groups excluding carboxylic acids is 1. The van der Waals surface area contributed by atoms with E-state index in [1.807, 2.05) is 62.4 Å². The molecule has 0 fully saturated rings. The van der Waals surface area contributed by atoms with Crippen molar-refractivity contribution in [1.82, 2.24) is 10.2 Å². The fourth-order valence-corrected chi connectivity index (χ4v) is 2.23. The molecule has 4 heteroatoms. The summed E-state index contributed by atoms with van der Waals surface area (Å²) >= 11 is 0. The molecular formula is C18H17N3O. The Hall–Kier alpha value is -2.88. The number of amides is 1. The van der Waals surface area contributed by atoms with E-state index in [0.717, 1.165) is 22.5 Å². The van der Waals surface area contributed by atoms with Gasteiger partial charge in [-0.15, -0.1) is 0 Å². The molecule has 3 aromatic rings. The van der Waals surface area contributed by atoms with Crippen molar-refractivity contribution in [2.24, 2.45) is 0 Å². The van der Waals surface area contributed by atoms with E-state index in [4.69, 9.17) is 0 Å². The van der Waals surface area contributed by atoms with Crippen LogP contribution in [0.25, 0.3) is 11.3 Å². The van der Waals surface area contributed by atoms with Crippen LogP contribution in [-0.4, -0.2) is 16.1 Å². The van der Waals surface area contributed by atoms with Gasteiger partial charge in [0.05, 0.1) is 5.69 Å². The van der Waals surface area contributed by atoms with Crippen LogP contribution in [0.15, 0.2) is 54.6 Å². The Morgan fingerprint density at radius 1 is 1.00 bits per heavy atom. The van der Waals surface area contributed by atoms with E-state index < -0.39 is 0 Å². The molecule has 0 aliphatic rings. The molecule has 0 atom stereocenters. The van der Waals surface area contributed by atoms with E-state index in [1.54, 1.807) is 6.07 Å². The van der Waals surface area contributed by atoms with Gasteiger partial charge in [-0.1, -0.05) is 42.0 Å². The molecule has 2 N–H and O–H groups in total. The largest absolute Gasteiger partial charge is 0.321 e. The van der Waals surface area contributed by atoms with Gasteiger partial charge in [-0.3, -0.25) is 9.89 Å². The van der Waals surface area contributed by atoms with Crippen LogP contribution in [0.4, 0.5) is 5.69 Å². The zero-order valence-electron chi connectivity index (χ0n) is 12.6. The summed E-state index contributed by atoms with van der Waals surface area (Å²) in [6, 6.07) is 17.5. The van der Waals surface area contributed by atoms with Crippen LogP contribution in [0.5, 0.6) is 0 Å². The Labute approximate surface area is 129 Å². The average Bonchev–Trinajstić information content (AvgIpc) is 2.98. The first-order chi connectivity index (χ1) is 10.6. The van der Waals surface area contributed by atoms with Crippen molar-refractivity contribution in [2.45, 2.75) is 13.8 Å². The lowest BCUT2D eigenvalue weighted by atomic mass is 10.1. The van der Waals surface area contributed by atoms with Crippen molar-refractivity contribution in [3.8, 4) is 11.3 Å². The third-order valence-corrected chi connectivity index (χ3v) is 3.45. The van der Waals surface area contributed by atoms with E-state index in [2.05, 4.69) is 15.5 Å². The first-order valence-electron chi connectivity index (χ1n) is 7.12. The van der Waals surface area contributed by atoms with Gasteiger partial charge in [-0.25, -0.2) is 0 Å². The van der Waals surface area contributed by atoms with Gasteiger partial charge < -0.3 is 5.32 Å². The van der Waals surface area contributed by atoms with Crippen molar-refractivity contribution >= 4 is 11.6 Å². The number of hydrogen-bond donors (Lipinski definition) is 2. The minimum Gasteiger partial charge on any atom is -0.321 e. The molecule has 0 bridgehead atoms. The molecule has 1 aromatic heterocycles. The highest BCUT2D eigenvalue weighted by Gasteiger charge is 2.11. The summed E-state index contributed by atoms with van der Waals surface area (Å²) in [4.78, 5) is 12.2. The molecule has 1 amide bonds. The van der Waals surface area contributed by atoms with Crippen LogP contribution in [0, 0.1) is 13.8 Å². The van der Waals surface area contributed by atoms with Crippen LogP contribution >= 0.6 is 0 Å². The van der Waals surface area contributed by atoms with Gasteiger partial charge in [0.1, 0.15) is 5.69 Å². The van der Waals surface area contributed by atoms with Crippen molar-refractivity contribution in [2.75, 3.05) is 5.32 Å². The Morgan fingerprint density at radius 3 is 2.50 bits per heavy atom. The molecule has 0 unspecified atom stereocenters. The van der Waals surface area contributed by atoms with Gasteiger partial charge in [-0.2, -0.15) is 5.10 Å². The number of carbonyl (C=O) groups is 1. The first-order valence-corrected chi connectivity index (χ1v) is 7.12. The second-order valence-electron chi connectivity index (χ2n) is 5.36. The number of aromatic nitrogens is 2. The van der Waals surface area contributed by atoms with E-state index in [0.29, 0.717) is 5.69 Å². The summed E-state index contributed by atoms with van der Waals surface area (Å²) in [6.45, 7) is 4.02. The molecular weight excluding hydrogens is 274 g/mol. The van der Waals surface area contributed by atoms with E-state index in [9.17, 15) is 4.79 Å². The van der Waals surface area contributed by atoms with Gasteiger partial charge in [0.2, 0.25) is 0 Å². The predicted octanol–water partition coefficient (Wildman–Crippen LogP) is 3.95. The second-order valence-corrected chi connectivity index (χ2v) is 5.36. The van der Waals surface area contributed by atoms with Gasteiger partial charge in [-0.05, 0) is 37.6 Å². The maximum atomic E-state index is 12.2. The van der Waals surface area contributed by atoms with Crippen molar-refractivity contribution < 1.29 is 4.79 Å². The minimum absolute atomic E-state index is 0.198. The topological polar surface area (TPSA) is 57.8 Å². The molecule has 1 heterocycles. The van der Waals surface area contributed by atoms with Crippen LogP contribution in [0.1, 0.15) is 21.6 Å². The van der Waals surface area contributed by atoms with Gasteiger partial charge >= 0.3 is 0 Å². The molecule has 3 rings (SSSR count). The highest BCUT2D eigenvalue weighted by atomic mass is 16.1. The van der Waals surface area contributed by atoms with Crippen LogP contribution in [0.2, 0.25) is 0 Å². The molecule has 22 heavy (non-hydrogen) atoms. The number of nitrogens with one attached hydrogen (secondary N) is 2. The molecule has 0 radical (unpaired) electrons. The number of hydrogen-bond acceptors (Lipinski definition) is 2. The zero-order valence-corrected chi connectivity index (χ0v) is 12.6. The molecule has 0 aliphatic heterocycles. The monoisotopic (exact) mass is 291 g/mol. The quantitative estimate of drug-likeness (QED) is 0.767. The van der Waals surface area contributed by atoms with E-state index in [1.165, 1.54) is 5.56 Å². The fraction of sp³-hybridized carbons (Fsp3) is 0.111. The maximum Gasteiger partial charge on any atom is 0.273 e. The molecule has 2 aromatic carbocycles. The molecule has 4 nitrogen and oxygen atoms in total. The summed E-state index contributed by atoms with van der Waals surface area (Å²) in [5.41, 5.74) is 5.25. The SMILES string of the molecule is Cc1ccc(-c2cc(C(=O)Nc3cccc(C)c3)[nH]n2)cc1. The molecule has 110 valence electrons. The summed E-state index contributed by atoms with van der Waals surface area (Å²) < 4.78 is 0. The smallest absolute Gasteiger partial charge is 0.273 e. The molecule has 0 saturated heterocycles. The third kappa shape index (κ3) is 3.06.